The molecule has 4 aliphatic carbocycles. The molecule has 2 aromatic carbocycles. The summed E-state index contributed by atoms with van der Waals surface area (Å²) in [6.07, 6.45) is 12.9. The Morgan fingerprint density at radius 3 is 1.38 bits per heavy atom. The molecule has 2 heterocycles. The minimum absolute atomic E-state index is 0.0185. The van der Waals surface area contributed by atoms with E-state index in [2.05, 4.69) is 66.0 Å². The maximum Gasteiger partial charge on any atom is 0.338 e. The molecule has 4 fully saturated rings. The van der Waals surface area contributed by atoms with Crippen molar-refractivity contribution >= 4 is 23.5 Å². The molecule has 6 aliphatic rings. The Hall–Kier alpha value is -3.82. The number of hydrogen-bond acceptors (Lipinski definition) is 4. The van der Waals surface area contributed by atoms with E-state index in [1.54, 1.807) is 34.3 Å². The number of carbonyl (C=O) groups is 2. The van der Waals surface area contributed by atoms with Gasteiger partial charge in [0, 0.05) is 35.3 Å². The van der Waals surface area contributed by atoms with Crippen molar-refractivity contribution in [3.05, 3.63) is 71.3 Å². The molecule has 0 radical (unpaired) electrons. The second kappa shape index (κ2) is 16.3. The van der Waals surface area contributed by atoms with Crippen molar-refractivity contribution in [2.75, 3.05) is 13.1 Å². The van der Waals surface area contributed by atoms with Gasteiger partial charge in [-0.3, -0.25) is 0 Å². The van der Waals surface area contributed by atoms with E-state index in [9.17, 15) is 18.4 Å². The number of unbranched alkanes of at least 4 members (excludes halogenated alkanes) is 2. The summed E-state index contributed by atoms with van der Waals surface area (Å²) >= 11 is 0. The SMILES string of the molecule is CCCCC1=NN(C(=O)N[C@H]2C[C@H]3CC[C@]2(C)C3(C)C)C[C@@H]1c1cccc(F)c1.CCCCC1=NN(C(=O)N[C@H]2C[C@H]3CC[C@]2(C)C3(C)C)C[C@H]1c1cccc(F)c1. The number of hydrogen-bond donors (Lipinski definition) is 2. The highest BCUT2D eigenvalue weighted by Gasteiger charge is 2.63. The van der Waals surface area contributed by atoms with Crippen LogP contribution in [0.1, 0.15) is 155 Å². The van der Waals surface area contributed by atoms with Crippen molar-refractivity contribution in [1.29, 1.82) is 0 Å². The van der Waals surface area contributed by atoms with Gasteiger partial charge in [0.05, 0.1) is 13.1 Å². The van der Waals surface area contributed by atoms with E-state index >= 15 is 0 Å². The number of benzene rings is 2. The van der Waals surface area contributed by atoms with Gasteiger partial charge in [0.15, 0.2) is 0 Å². The minimum Gasteiger partial charge on any atom is -0.333 e. The second-order valence-corrected chi connectivity index (χ2v) is 20.0. The molecular weight excluding hydrogens is 731 g/mol. The van der Waals surface area contributed by atoms with Crippen LogP contribution in [-0.4, -0.2) is 58.7 Å². The van der Waals surface area contributed by atoms with Crippen LogP contribution in [0.2, 0.25) is 0 Å². The zero-order chi connectivity index (χ0) is 41.6. The van der Waals surface area contributed by atoms with E-state index in [4.69, 9.17) is 10.2 Å². The summed E-state index contributed by atoms with van der Waals surface area (Å²) in [5.74, 6) is 0.847. The molecule has 8 atom stereocenters. The molecule has 0 unspecified atom stereocenters. The Kier molecular flexibility index (Phi) is 11.9. The Bertz CT molecular complexity index is 1780. The van der Waals surface area contributed by atoms with Crippen LogP contribution in [0.3, 0.4) is 0 Å². The number of amides is 4. The number of halogens is 2. The molecule has 0 saturated heterocycles. The Balaban J connectivity index is 0.000000177. The lowest BCUT2D eigenvalue weighted by molar-refractivity contribution is 0.118. The van der Waals surface area contributed by atoms with Crippen LogP contribution < -0.4 is 10.6 Å². The largest absolute Gasteiger partial charge is 0.338 e. The fraction of sp³-hybridized carbons (Fsp3) is 0.667. The number of nitrogens with one attached hydrogen (secondary N) is 2. The van der Waals surface area contributed by atoms with Gasteiger partial charge in [0.1, 0.15) is 11.6 Å². The average Bonchev–Trinajstić information content (AvgIpc) is 3.98. The Labute approximate surface area is 346 Å². The number of hydrazone groups is 2. The second-order valence-electron chi connectivity index (χ2n) is 20.0. The van der Waals surface area contributed by atoms with Crippen molar-refractivity contribution in [2.24, 2.45) is 43.7 Å². The van der Waals surface area contributed by atoms with Crippen molar-refractivity contribution in [1.82, 2.24) is 20.7 Å². The molecule has 58 heavy (non-hydrogen) atoms. The number of nitrogens with zero attached hydrogens (tertiary/aromatic N) is 4. The highest BCUT2D eigenvalue weighted by atomic mass is 19.1. The van der Waals surface area contributed by atoms with E-state index in [-0.39, 0.29) is 69.3 Å². The van der Waals surface area contributed by atoms with Gasteiger partial charge in [0.2, 0.25) is 0 Å². The van der Waals surface area contributed by atoms with Gasteiger partial charge in [-0.05, 0) is 133 Å². The van der Waals surface area contributed by atoms with E-state index in [0.717, 1.165) is 73.9 Å². The summed E-state index contributed by atoms with van der Waals surface area (Å²) in [6, 6.07) is 13.6. The van der Waals surface area contributed by atoms with Crippen molar-refractivity contribution in [3.63, 3.8) is 0 Å². The fourth-order valence-corrected chi connectivity index (χ4v) is 11.8. The molecule has 0 aromatic heterocycles. The predicted molar refractivity (Wildman–Crippen MR) is 229 cm³/mol. The first kappa shape index (κ1) is 42.3. The predicted octanol–water partition coefficient (Wildman–Crippen LogP) is 11.4. The van der Waals surface area contributed by atoms with E-state index < -0.39 is 0 Å². The zero-order valence-corrected chi connectivity index (χ0v) is 36.3. The molecule has 10 heteroatoms. The molecule has 2 N–H and O–H groups in total. The van der Waals surface area contributed by atoms with Crippen molar-refractivity contribution < 1.29 is 18.4 Å². The highest BCUT2D eigenvalue weighted by molar-refractivity contribution is 5.95. The molecule has 4 saturated carbocycles. The van der Waals surface area contributed by atoms with Gasteiger partial charge in [-0.15, -0.1) is 0 Å². The minimum atomic E-state index is -0.239. The van der Waals surface area contributed by atoms with Gasteiger partial charge in [-0.25, -0.2) is 28.4 Å². The zero-order valence-electron chi connectivity index (χ0n) is 36.3. The molecule has 8 nitrogen and oxygen atoms in total. The highest BCUT2D eigenvalue weighted by Crippen LogP contribution is 2.66. The third kappa shape index (κ3) is 7.59. The van der Waals surface area contributed by atoms with E-state index in [1.165, 1.54) is 37.8 Å². The summed E-state index contributed by atoms with van der Waals surface area (Å²) in [5, 5.41) is 19.2. The molecular formula is C48H68F2N6O2. The first-order valence-electron chi connectivity index (χ1n) is 22.3. The monoisotopic (exact) mass is 799 g/mol. The van der Waals surface area contributed by atoms with Crippen LogP contribution in [0.5, 0.6) is 0 Å². The lowest BCUT2D eigenvalue weighted by atomic mass is 9.69. The summed E-state index contributed by atoms with van der Waals surface area (Å²) in [4.78, 5) is 26.3. The van der Waals surface area contributed by atoms with Gasteiger partial charge in [0.25, 0.3) is 0 Å². The van der Waals surface area contributed by atoms with Gasteiger partial charge in [-0.1, -0.05) is 92.5 Å². The van der Waals surface area contributed by atoms with Crippen LogP contribution in [-0.2, 0) is 0 Å². The molecule has 4 amide bonds. The van der Waals surface area contributed by atoms with Crippen LogP contribution in [0.4, 0.5) is 18.4 Å². The number of urea groups is 2. The summed E-state index contributed by atoms with van der Waals surface area (Å²) in [5.41, 5.74) is 4.60. The molecule has 0 spiro atoms. The lowest BCUT2D eigenvalue weighted by Gasteiger charge is -2.39. The molecule has 316 valence electrons. The summed E-state index contributed by atoms with van der Waals surface area (Å²) < 4.78 is 27.6. The average molecular weight is 799 g/mol. The standard InChI is InChI=1S/2C24H34FN3O/c2*1-5-6-10-20-19(16-8-7-9-18(25)13-16)15-28(27-20)22(29)26-21-14-17-11-12-24(21,4)23(17,2)3/h2*7-9,13,17,19,21H,5-6,10-12,14-15H2,1-4H3,(H,26,29)/t17-,19+,21+,24+;17-,19-,21+,24+/m11/s1. The third-order valence-corrected chi connectivity index (χ3v) is 16.7. The normalized spacial score (nSPS) is 32.5. The van der Waals surface area contributed by atoms with Crippen LogP contribution in [0, 0.1) is 45.1 Å². The van der Waals surface area contributed by atoms with Crippen LogP contribution >= 0.6 is 0 Å². The Morgan fingerprint density at radius 2 is 1.07 bits per heavy atom. The molecule has 8 rings (SSSR count). The molecule has 2 aliphatic heterocycles. The quantitative estimate of drug-likeness (QED) is 0.251. The third-order valence-electron chi connectivity index (χ3n) is 16.7. The van der Waals surface area contributed by atoms with Gasteiger partial charge < -0.3 is 10.6 Å². The Morgan fingerprint density at radius 1 is 0.672 bits per heavy atom. The number of carbonyl (C=O) groups excluding carboxylic acids is 2. The van der Waals surface area contributed by atoms with Crippen molar-refractivity contribution in [2.45, 2.75) is 156 Å². The molecule has 4 bridgehead atoms. The molecule has 2 aromatic rings. The van der Waals surface area contributed by atoms with Crippen LogP contribution in [0.15, 0.2) is 58.7 Å². The summed E-state index contributed by atoms with van der Waals surface area (Å²) in [7, 11) is 0. The van der Waals surface area contributed by atoms with Crippen molar-refractivity contribution in [3.8, 4) is 0 Å². The van der Waals surface area contributed by atoms with E-state index in [1.807, 2.05) is 12.1 Å². The number of rotatable bonds is 10. The van der Waals surface area contributed by atoms with Crippen LogP contribution in [0.25, 0.3) is 0 Å². The first-order chi connectivity index (χ1) is 27.5. The first-order valence-corrected chi connectivity index (χ1v) is 22.3. The van der Waals surface area contributed by atoms with Gasteiger partial charge in [-0.2, -0.15) is 10.2 Å². The smallest absolute Gasteiger partial charge is 0.333 e. The van der Waals surface area contributed by atoms with E-state index in [0.29, 0.717) is 24.9 Å². The number of fused-ring (bicyclic) bond motifs is 4. The summed E-state index contributed by atoms with van der Waals surface area (Å²) in [6.45, 7) is 19.4. The fourth-order valence-electron chi connectivity index (χ4n) is 11.8. The van der Waals surface area contributed by atoms with Gasteiger partial charge >= 0.3 is 12.1 Å². The lowest BCUT2D eigenvalue weighted by Crippen LogP contribution is -2.50. The maximum atomic E-state index is 13.8. The topological polar surface area (TPSA) is 89.4 Å². The maximum absolute atomic E-state index is 13.8.